The lowest BCUT2D eigenvalue weighted by Gasteiger charge is -2.13. The number of hydrogen-bond donors (Lipinski definition) is 0. The van der Waals surface area contributed by atoms with E-state index in [-0.39, 0.29) is 5.38 Å². The van der Waals surface area contributed by atoms with Crippen LogP contribution in [0.1, 0.15) is 23.7 Å². The Morgan fingerprint density at radius 2 is 1.90 bits per heavy atom. The van der Waals surface area contributed by atoms with Crippen molar-refractivity contribution in [2.75, 3.05) is 0 Å². The molecule has 0 aliphatic heterocycles. The first kappa shape index (κ1) is 14.9. The summed E-state index contributed by atoms with van der Waals surface area (Å²) in [5.74, 6) is 0.809. The van der Waals surface area contributed by atoms with Gasteiger partial charge < -0.3 is 0 Å². The van der Waals surface area contributed by atoms with Gasteiger partial charge in [0.25, 0.3) is 0 Å². The van der Waals surface area contributed by atoms with Crippen LogP contribution in [0.5, 0.6) is 0 Å². The number of nitrogens with zero attached hydrogens (tertiary/aromatic N) is 2. The highest BCUT2D eigenvalue weighted by atomic mass is 79.9. The number of aryl methyl sites for hydroxylation is 1. The number of imidazole rings is 1. The van der Waals surface area contributed by atoms with Crippen LogP contribution in [-0.4, -0.2) is 9.55 Å². The van der Waals surface area contributed by atoms with Crippen molar-refractivity contribution in [3.63, 3.8) is 0 Å². The first-order valence-electron chi connectivity index (χ1n) is 6.57. The maximum Gasteiger partial charge on any atom is 0.132 e. The minimum Gasteiger partial charge on any atom is -0.294 e. The van der Waals surface area contributed by atoms with Crippen LogP contribution in [0.15, 0.2) is 40.9 Å². The van der Waals surface area contributed by atoms with Crippen LogP contribution in [0.2, 0.25) is 5.02 Å². The zero-order chi connectivity index (χ0) is 15.1. The van der Waals surface area contributed by atoms with E-state index in [1.165, 1.54) is 0 Å². The summed E-state index contributed by atoms with van der Waals surface area (Å²) in [4.78, 5) is 4.73. The lowest BCUT2D eigenvalue weighted by molar-refractivity contribution is 0.880. The van der Waals surface area contributed by atoms with Gasteiger partial charge >= 0.3 is 0 Å². The second kappa shape index (κ2) is 5.64. The van der Waals surface area contributed by atoms with Crippen LogP contribution in [-0.2, 0) is 0 Å². The van der Waals surface area contributed by atoms with Crippen LogP contribution >= 0.6 is 39.1 Å². The molecule has 0 amide bonds. The smallest absolute Gasteiger partial charge is 0.132 e. The summed E-state index contributed by atoms with van der Waals surface area (Å²) in [6.45, 7) is 3.97. The Morgan fingerprint density at radius 1 is 1.19 bits per heavy atom. The minimum atomic E-state index is -0.206. The van der Waals surface area contributed by atoms with Crippen molar-refractivity contribution in [1.82, 2.24) is 9.55 Å². The molecular weight excluding hydrogens is 371 g/mol. The fourth-order valence-electron chi connectivity index (χ4n) is 2.44. The van der Waals surface area contributed by atoms with E-state index in [1.807, 2.05) is 37.3 Å². The summed E-state index contributed by atoms with van der Waals surface area (Å²) in [6, 6.07) is 11.9. The fraction of sp³-hybridized carbons (Fsp3) is 0.188. The third-order valence-corrected chi connectivity index (χ3v) is 5.01. The Hall–Kier alpha value is -1.03. The molecule has 21 heavy (non-hydrogen) atoms. The molecule has 1 aromatic heterocycles. The van der Waals surface area contributed by atoms with E-state index in [4.69, 9.17) is 28.2 Å². The first-order valence-corrected chi connectivity index (χ1v) is 8.18. The molecule has 108 valence electrons. The molecule has 0 bridgehead atoms. The van der Waals surface area contributed by atoms with Crippen LogP contribution in [0.4, 0.5) is 0 Å². The molecule has 1 heterocycles. The number of alkyl halides is 1. The molecule has 3 rings (SSSR count). The highest BCUT2D eigenvalue weighted by Gasteiger charge is 2.19. The van der Waals surface area contributed by atoms with Crippen molar-refractivity contribution in [3.05, 3.63) is 57.3 Å². The molecule has 0 saturated carbocycles. The van der Waals surface area contributed by atoms with Gasteiger partial charge in [-0.25, -0.2) is 4.98 Å². The van der Waals surface area contributed by atoms with Crippen LogP contribution in [0.3, 0.4) is 0 Å². The quantitative estimate of drug-likeness (QED) is 0.492. The van der Waals surface area contributed by atoms with E-state index in [2.05, 4.69) is 33.5 Å². The predicted octanol–water partition coefficient (Wildman–Crippen LogP) is 6.05. The monoisotopic (exact) mass is 382 g/mol. The normalized spacial score (nSPS) is 12.8. The zero-order valence-electron chi connectivity index (χ0n) is 11.6. The Balaban J connectivity index is 2.43. The molecule has 2 nitrogen and oxygen atoms in total. The number of fused-ring (bicyclic) bond motifs is 1. The lowest BCUT2D eigenvalue weighted by Crippen LogP contribution is -2.02. The van der Waals surface area contributed by atoms with Crippen molar-refractivity contribution in [3.8, 4) is 5.69 Å². The first-order chi connectivity index (χ1) is 10.0. The van der Waals surface area contributed by atoms with Crippen molar-refractivity contribution in [2.24, 2.45) is 0 Å². The van der Waals surface area contributed by atoms with E-state index in [0.717, 1.165) is 32.6 Å². The lowest BCUT2D eigenvalue weighted by atomic mass is 10.2. The molecule has 5 heteroatoms. The van der Waals surface area contributed by atoms with E-state index in [9.17, 15) is 0 Å². The van der Waals surface area contributed by atoms with Gasteiger partial charge in [-0.3, -0.25) is 4.57 Å². The second-order valence-electron chi connectivity index (χ2n) is 4.94. The van der Waals surface area contributed by atoms with Gasteiger partial charge in [-0.05, 0) is 53.5 Å². The molecule has 0 N–H and O–H groups in total. The topological polar surface area (TPSA) is 17.8 Å². The number of benzene rings is 2. The van der Waals surface area contributed by atoms with E-state index in [1.54, 1.807) is 0 Å². The molecule has 1 atom stereocenters. The number of hydrogen-bond acceptors (Lipinski definition) is 1. The van der Waals surface area contributed by atoms with Gasteiger partial charge in [-0.15, -0.1) is 11.6 Å². The number of aromatic nitrogens is 2. The highest BCUT2D eigenvalue weighted by molar-refractivity contribution is 9.10. The molecule has 0 fully saturated rings. The Morgan fingerprint density at radius 3 is 2.62 bits per heavy atom. The van der Waals surface area contributed by atoms with Gasteiger partial charge in [-0.2, -0.15) is 0 Å². The van der Waals surface area contributed by atoms with Gasteiger partial charge in [0.05, 0.1) is 31.6 Å². The molecule has 0 aliphatic carbocycles. The summed E-state index contributed by atoms with van der Waals surface area (Å²) < 4.78 is 2.90. The average Bonchev–Trinajstić information content (AvgIpc) is 2.83. The summed E-state index contributed by atoms with van der Waals surface area (Å²) in [6.07, 6.45) is 0. The molecule has 0 aliphatic rings. The van der Waals surface area contributed by atoms with E-state index in [0.29, 0.717) is 5.02 Å². The molecule has 3 aromatic rings. The average molecular weight is 384 g/mol. The highest BCUT2D eigenvalue weighted by Crippen LogP contribution is 2.35. The van der Waals surface area contributed by atoms with E-state index >= 15 is 0 Å². The second-order valence-corrected chi connectivity index (χ2v) is 6.79. The maximum absolute atomic E-state index is 6.34. The number of halogens is 3. The Kier molecular flexibility index (Phi) is 4.00. The number of para-hydroxylation sites is 1. The standard InChI is InChI=1S/C16H13BrCl2N2/c1-9-5-3-8-13-15(9)20-16(10(2)18)21(13)12-7-4-6-11(19)14(12)17/h3-8,10H,1-2H3. The third-order valence-electron chi connectivity index (χ3n) is 3.44. The van der Waals surface area contributed by atoms with E-state index < -0.39 is 0 Å². The predicted molar refractivity (Wildman–Crippen MR) is 92.8 cm³/mol. The Labute approximate surface area is 141 Å². The van der Waals surface area contributed by atoms with Gasteiger partial charge in [0.1, 0.15) is 5.82 Å². The molecule has 0 saturated heterocycles. The fourth-order valence-corrected chi connectivity index (χ4v) is 3.20. The summed E-state index contributed by atoms with van der Waals surface area (Å²) in [5.41, 5.74) is 4.06. The SMILES string of the molecule is Cc1cccc2c1nc(C(C)Cl)n2-c1cccc(Cl)c1Br. The van der Waals surface area contributed by atoms with Gasteiger partial charge in [0.15, 0.2) is 0 Å². The molecule has 0 radical (unpaired) electrons. The van der Waals surface area contributed by atoms with Crippen molar-refractivity contribution >= 4 is 50.2 Å². The van der Waals surface area contributed by atoms with Gasteiger partial charge in [0, 0.05) is 0 Å². The van der Waals surface area contributed by atoms with Crippen molar-refractivity contribution in [1.29, 1.82) is 0 Å². The molecular formula is C16H13BrCl2N2. The Bertz CT molecular complexity index is 825. The van der Waals surface area contributed by atoms with Crippen LogP contribution in [0.25, 0.3) is 16.7 Å². The maximum atomic E-state index is 6.34. The summed E-state index contributed by atoms with van der Waals surface area (Å²) >= 11 is 16.1. The van der Waals surface area contributed by atoms with Crippen LogP contribution in [0, 0.1) is 6.92 Å². The minimum absolute atomic E-state index is 0.206. The largest absolute Gasteiger partial charge is 0.294 e. The van der Waals surface area contributed by atoms with Crippen molar-refractivity contribution in [2.45, 2.75) is 19.2 Å². The molecule has 2 aromatic carbocycles. The summed E-state index contributed by atoms with van der Waals surface area (Å²) in [5, 5.41) is 0.456. The van der Waals surface area contributed by atoms with Gasteiger partial charge in [0.2, 0.25) is 0 Å². The van der Waals surface area contributed by atoms with Crippen molar-refractivity contribution < 1.29 is 0 Å². The summed E-state index contributed by atoms with van der Waals surface area (Å²) in [7, 11) is 0. The molecule has 0 spiro atoms. The molecule has 1 unspecified atom stereocenters. The zero-order valence-corrected chi connectivity index (χ0v) is 14.7. The van der Waals surface area contributed by atoms with Crippen LogP contribution < -0.4 is 0 Å². The third kappa shape index (κ3) is 2.48. The number of rotatable bonds is 2. The van der Waals surface area contributed by atoms with Gasteiger partial charge in [-0.1, -0.05) is 29.8 Å².